The Morgan fingerprint density at radius 3 is 2.61 bits per heavy atom. The van der Waals surface area contributed by atoms with E-state index in [1.807, 2.05) is 0 Å². The highest BCUT2D eigenvalue weighted by molar-refractivity contribution is 5.86. The zero-order valence-corrected chi connectivity index (χ0v) is 10.8. The van der Waals surface area contributed by atoms with Crippen LogP contribution in [0.25, 0.3) is 0 Å². The van der Waals surface area contributed by atoms with Crippen molar-refractivity contribution in [1.29, 1.82) is 0 Å². The average Bonchev–Trinajstić information content (AvgIpc) is 2.60. The van der Waals surface area contributed by atoms with Gasteiger partial charge in [-0.1, -0.05) is 19.1 Å². The summed E-state index contributed by atoms with van der Waals surface area (Å²) in [5.41, 5.74) is 0.256. The molecule has 1 aromatic heterocycles. The maximum atomic E-state index is 11.6. The van der Waals surface area contributed by atoms with Crippen LogP contribution in [0.5, 0.6) is 0 Å². The van der Waals surface area contributed by atoms with E-state index in [4.69, 9.17) is 5.11 Å². The Kier molecular flexibility index (Phi) is 4.82. The van der Waals surface area contributed by atoms with Gasteiger partial charge in [0.1, 0.15) is 6.54 Å². The summed E-state index contributed by atoms with van der Waals surface area (Å²) in [4.78, 5) is 22.3. The van der Waals surface area contributed by atoms with Crippen LogP contribution < -0.4 is 5.32 Å². The molecule has 0 unspecified atom stereocenters. The van der Waals surface area contributed by atoms with E-state index in [2.05, 4.69) is 29.5 Å². The van der Waals surface area contributed by atoms with E-state index in [1.165, 1.54) is 4.68 Å². The number of carboxylic acids is 1. The van der Waals surface area contributed by atoms with Crippen LogP contribution >= 0.6 is 0 Å². The molecular formula is C11H18N4O3. The van der Waals surface area contributed by atoms with Crippen LogP contribution in [0.1, 0.15) is 36.5 Å². The number of aromatic nitrogens is 3. The Hall–Kier alpha value is -1.92. The number of nitrogens with one attached hydrogen (secondary N) is 1. The quantitative estimate of drug-likeness (QED) is 0.768. The van der Waals surface area contributed by atoms with Gasteiger partial charge in [0.25, 0.3) is 0 Å². The molecule has 18 heavy (non-hydrogen) atoms. The van der Waals surface area contributed by atoms with Gasteiger partial charge in [0.2, 0.25) is 5.91 Å². The lowest BCUT2D eigenvalue weighted by Crippen LogP contribution is -2.29. The molecule has 7 heteroatoms. The van der Waals surface area contributed by atoms with Crippen LogP contribution in [0.2, 0.25) is 0 Å². The van der Waals surface area contributed by atoms with Crippen LogP contribution in [-0.4, -0.2) is 38.5 Å². The van der Waals surface area contributed by atoms with Crippen molar-refractivity contribution >= 4 is 11.9 Å². The van der Waals surface area contributed by atoms with Crippen LogP contribution in [0, 0.1) is 12.8 Å². The molecule has 1 amide bonds. The van der Waals surface area contributed by atoms with Crippen molar-refractivity contribution in [2.45, 2.75) is 33.7 Å². The second-order valence-electron chi connectivity index (χ2n) is 4.52. The van der Waals surface area contributed by atoms with Gasteiger partial charge >= 0.3 is 5.97 Å². The third-order valence-corrected chi connectivity index (χ3v) is 2.52. The van der Waals surface area contributed by atoms with Crippen molar-refractivity contribution in [3.05, 3.63) is 11.4 Å². The number of carbonyl (C=O) groups excluding carboxylic acids is 1. The molecule has 0 saturated carbocycles. The number of nitrogens with zero attached hydrogens (tertiary/aromatic N) is 3. The lowest BCUT2D eigenvalue weighted by molar-refractivity contribution is -0.121. The van der Waals surface area contributed by atoms with E-state index in [9.17, 15) is 9.59 Å². The molecule has 2 N–H and O–H groups in total. The Balaban J connectivity index is 2.52. The Morgan fingerprint density at radius 2 is 2.11 bits per heavy atom. The smallest absolute Gasteiger partial charge is 0.358 e. The Morgan fingerprint density at radius 1 is 1.44 bits per heavy atom. The van der Waals surface area contributed by atoms with Gasteiger partial charge in [-0.05, 0) is 19.3 Å². The van der Waals surface area contributed by atoms with Gasteiger partial charge in [-0.3, -0.25) is 4.79 Å². The maximum Gasteiger partial charge on any atom is 0.358 e. The van der Waals surface area contributed by atoms with Gasteiger partial charge in [-0.2, -0.15) is 0 Å². The molecule has 0 fully saturated rings. The SMILES string of the molecule is Cc1c(C(=O)O)nnn1CC(=O)NCCC(C)C. The van der Waals surface area contributed by atoms with Crippen molar-refractivity contribution in [3.8, 4) is 0 Å². The lowest BCUT2D eigenvalue weighted by Gasteiger charge is -2.07. The summed E-state index contributed by atoms with van der Waals surface area (Å²) in [7, 11) is 0. The molecule has 1 aromatic rings. The number of aromatic carboxylic acids is 1. The standard InChI is InChI=1S/C11H18N4O3/c1-7(2)4-5-12-9(16)6-15-8(3)10(11(17)18)13-14-15/h7H,4-6H2,1-3H3,(H,12,16)(H,17,18). The van der Waals surface area contributed by atoms with Crippen LogP contribution in [0.15, 0.2) is 0 Å². The minimum atomic E-state index is -1.14. The van der Waals surface area contributed by atoms with E-state index in [0.717, 1.165) is 6.42 Å². The molecule has 0 radical (unpaired) electrons. The molecule has 0 saturated heterocycles. The predicted octanol–water partition coefficient (Wildman–Crippen LogP) is 0.447. The van der Waals surface area contributed by atoms with Crippen molar-refractivity contribution in [2.24, 2.45) is 5.92 Å². The van der Waals surface area contributed by atoms with Crippen molar-refractivity contribution in [3.63, 3.8) is 0 Å². The molecule has 0 atom stereocenters. The monoisotopic (exact) mass is 254 g/mol. The third kappa shape index (κ3) is 3.83. The first kappa shape index (κ1) is 14.1. The van der Waals surface area contributed by atoms with Crippen LogP contribution in [-0.2, 0) is 11.3 Å². The second-order valence-corrected chi connectivity index (χ2v) is 4.52. The molecule has 0 bridgehead atoms. The highest BCUT2D eigenvalue weighted by Crippen LogP contribution is 2.03. The van der Waals surface area contributed by atoms with Crippen molar-refractivity contribution < 1.29 is 14.7 Å². The Bertz CT molecular complexity index is 439. The number of hydrogen-bond donors (Lipinski definition) is 2. The molecule has 1 rings (SSSR count). The fourth-order valence-corrected chi connectivity index (χ4v) is 1.40. The summed E-state index contributed by atoms with van der Waals surface area (Å²) in [5, 5.41) is 18.7. The molecule has 0 aliphatic heterocycles. The summed E-state index contributed by atoms with van der Waals surface area (Å²) < 4.78 is 1.29. The van der Waals surface area contributed by atoms with E-state index in [0.29, 0.717) is 18.2 Å². The Labute approximate surface area is 105 Å². The lowest BCUT2D eigenvalue weighted by atomic mass is 10.1. The van der Waals surface area contributed by atoms with E-state index < -0.39 is 5.97 Å². The molecule has 0 spiro atoms. The first-order valence-electron chi connectivity index (χ1n) is 5.82. The molecule has 100 valence electrons. The van der Waals surface area contributed by atoms with Crippen LogP contribution in [0.3, 0.4) is 0 Å². The van der Waals surface area contributed by atoms with Gasteiger partial charge in [0.05, 0.1) is 5.69 Å². The zero-order valence-electron chi connectivity index (χ0n) is 10.8. The highest BCUT2D eigenvalue weighted by Gasteiger charge is 2.16. The van der Waals surface area contributed by atoms with Gasteiger partial charge in [-0.25, -0.2) is 9.48 Å². The van der Waals surface area contributed by atoms with Gasteiger partial charge < -0.3 is 10.4 Å². The van der Waals surface area contributed by atoms with E-state index in [1.54, 1.807) is 6.92 Å². The van der Waals surface area contributed by atoms with Gasteiger partial charge in [0.15, 0.2) is 5.69 Å². The first-order valence-corrected chi connectivity index (χ1v) is 5.82. The second kappa shape index (κ2) is 6.13. The number of amides is 1. The zero-order chi connectivity index (χ0) is 13.7. The number of hydrogen-bond acceptors (Lipinski definition) is 4. The largest absolute Gasteiger partial charge is 0.476 e. The molecule has 0 aliphatic rings. The fourth-order valence-electron chi connectivity index (χ4n) is 1.40. The maximum absolute atomic E-state index is 11.6. The summed E-state index contributed by atoms with van der Waals surface area (Å²) in [6.45, 7) is 6.32. The number of rotatable bonds is 6. The molecule has 0 aliphatic carbocycles. The topological polar surface area (TPSA) is 97.1 Å². The first-order chi connectivity index (χ1) is 8.41. The predicted molar refractivity (Wildman–Crippen MR) is 64.2 cm³/mol. The van der Waals surface area contributed by atoms with Gasteiger partial charge in [-0.15, -0.1) is 5.10 Å². The van der Waals surface area contributed by atoms with Crippen molar-refractivity contribution in [1.82, 2.24) is 20.3 Å². The highest BCUT2D eigenvalue weighted by atomic mass is 16.4. The number of carboxylic acid groups (broad SMARTS) is 1. The van der Waals surface area contributed by atoms with E-state index >= 15 is 0 Å². The minimum Gasteiger partial charge on any atom is -0.476 e. The van der Waals surface area contributed by atoms with Crippen LogP contribution in [0.4, 0.5) is 0 Å². The molecule has 1 heterocycles. The van der Waals surface area contributed by atoms with Crippen molar-refractivity contribution in [2.75, 3.05) is 6.54 Å². The fraction of sp³-hybridized carbons (Fsp3) is 0.636. The number of carbonyl (C=O) groups is 2. The molecule has 0 aromatic carbocycles. The van der Waals surface area contributed by atoms with Gasteiger partial charge in [0, 0.05) is 6.54 Å². The average molecular weight is 254 g/mol. The molecule has 7 nitrogen and oxygen atoms in total. The normalized spacial score (nSPS) is 10.7. The summed E-state index contributed by atoms with van der Waals surface area (Å²) in [5.74, 6) is -0.809. The summed E-state index contributed by atoms with van der Waals surface area (Å²) in [6.07, 6.45) is 0.905. The summed E-state index contributed by atoms with van der Waals surface area (Å²) in [6, 6.07) is 0. The van der Waals surface area contributed by atoms with E-state index in [-0.39, 0.29) is 18.1 Å². The molecular weight excluding hydrogens is 236 g/mol. The summed E-state index contributed by atoms with van der Waals surface area (Å²) >= 11 is 0. The third-order valence-electron chi connectivity index (χ3n) is 2.52. The minimum absolute atomic E-state index is 0.00971.